The highest BCUT2D eigenvalue weighted by Crippen LogP contribution is 2.43. The predicted molar refractivity (Wildman–Crippen MR) is 130 cm³/mol. The summed E-state index contributed by atoms with van der Waals surface area (Å²) in [7, 11) is 0. The van der Waals surface area contributed by atoms with E-state index in [2.05, 4.69) is 29.5 Å². The number of rotatable bonds is 6. The van der Waals surface area contributed by atoms with E-state index in [-0.39, 0.29) is 18.7 Å². The Kier molecular flexibility index (Phi) is 5.71. The molecular formula is C26H23N3O3S. The Morgan fingerprint density at radius 3 is 2.58 bits per heavy atom. The van der Waals surface area contributed by atoms with Gasteiger partial charge in [0, 0.05) is 22.2 Å². The van der Waals surface area contributed by atoms with Gasteiger partial charge in [0.15, 0.2) is 11.5 Å². The maximum absolute atomic E-state index is 13.0. The van der Waals surface area contributed by atoms with E-state index in [1.807, 2.05) is 66.7 Å². The Bertz CT molecular complexity index is 1290. The van der Waals surface area contributed by atoms with Gasteiger partial charge in [-0.2, -0.15) is 0 Å². The molecule has 4 aromatic rings. The second kappa shape index (κ2) is 8.96. The Morgan fingerprint density at radius 2 is 1.79 bits per heavy atom. The minimum atomic E-state index is -0.259. The third-order valence-corrected chi connectivity index (χ3v) is 6.81. The molecule has 1 atom stereocenters. The van der Waals surface area contributed by atoms with Crippen LogP contribution in [-0.4, -0.2) is 17.7 Å². The van der Waals surface area contributed by atoms with Crippen LogP contribution in [0.4, 0.5) is 10.8 Å². The molecule has 1 aliphatic rings. The minimum Gasteiger partial charge on any atom is -0.454 e. The topological polar surface area (TPSA) is 72.5 Å². The number of aryl methyl sites for hydroxylation is 1. The lowest BCUT2D eigenvalue weighted by atomic mass is 9.96. The predicted octanol–water partition coefficient (Wildman–Crippen LogP) is 5.94. The number of carbonyl (C=O) groups is 1. The first-order valence-corrected chi connectivity index (χ1v) is 11.4. The maximum atomic E-state index is 13.0. The maximum Gasteiger partial charge on any atom is 0.256 e. The zero-order valence-corrected chi connectivity index (χ0v) is 19.1. The molecule has 0 radical (unpaired) electrons. The van der Waals surface area contributed by atoms with Gasteiger partial charge in [-0.05, 0) is 61.4 Å². The molecule has 5 rings (SSSR count). The van der Waals surface area contributed by atoms with Gasteiger partial charge in [0.1, 0.15) is 10.8 Å². The number of carbonyl (C=O) groups excluding carboxylic acids is 1. The summed E-state index contributed by atoms with van der Waals surface area (Å²) < 4.78 is 11.1. The van der Waals surface area contributed by atoms with Gasteiger partial charge in [-0.15, -0.1) is 11.3 Å². The van der Waals surface area contributed by atoms with Crippen LogP contribution in [-0.2, 0) is 0 Å². The van der Waals surface area contributed by atoms with Gasteiger partial charge in [0.05, 0.1) is 6.04 Å². The first-order chi connectivity index (χ1) is 16.1. The molecule has 0 saturated carbocycles. The van der Waals surface area contributed by atoms with Crippen LogP contribution in [0.25, 0.3) is 0 Å². The van der Waals surface area contributed by atoms with Crippen molar-refractivity contribution in [2.75, 3.05) is 17.4 Å². The van der Waals surface area contributed by atoms with Gasteiger partial charge >= 0.3 is 0 Å². The molecule has 0 spiro atoms. The Labute approximate surface area is 196 Å². The first kappa shape index (κ1) is 21.0. The van der Waals surface area contributed by atoms with E-state index in [0.717, 1.165) is 38.1 Å². The number of hydrogen-bond acceptors (Lipinski definition) is 6. The van der Waals surface area contributed by atoms with E-state index < -0.39 is 0 Å². The lowest BCUT2D eigenvalue weighted by Gasteiger charge is -2.22. The number of fused-ring (bicyclic) bond motifs is 1. The molecule has 1 unspecified atom stereocenters. The van der Waals surface area contributed by atoms with Gasteiger partial charge in [0.2, 0.25) is 6.79 Å². The summed E-state index contributed by atoms with van der Waals surface area (Å²) in [5.74, 6) is 2.04. The SMILES string of the molecule is Cc1sc(NC(=O)c2ccccc2)c(C(Nc2ccccn2)c2ccc3c(c2)OCO3)c1C. The van der Waals surface area contributed by atoms with Crippen LogP contribution in [0.1, 0.15) is 38.0 Å². The summed E-state index contributed by atoms with van der Waals surface area (Å²) >= 11 is 1.57. The zero-order valence-electron chi connectivity index (χ0n) is 18.3. The minimum absolute atomic E-state index is 0.139. The van der Waals surface area contributed by atoms with Crippen LogP contribution in [0.5, 0.6) is 11.5 Å². The molecule has 2 aromatic heterocycles. The van der Waals surface area contributed by atoms with Crippen LogP contribution >= 0.6 is 11.3 Å². The fourth-order valence-electron chi connectivity index (χ4n) is 3.86. The third kappa shape index (κ3) is 4.27. The number of amides is 1. The van der Waals surface area contributed by atoms with Crippen molar-refractivity contribution in [2.24, 2.45) is 0 Å². The number of thiophene rings is 1. The molecule has 2 aromatic carbocycles. The number of hydrogen-bond donors (Lipinski definition) is 2. The molecule has 3 heterocycles. The third-order valence-electron chi connectivity index (χ3n) is 5.67. The number of nitrogens with zero attached hydrogens (tertiary/aromatic N) is 1. The fourth-order valence-corrected chi connectivity index (χ4v) is 4.95. The van der Waals surface area contributed by atoms with Crippen molar-refractivity contribution in [3.63, 3.8) is 0 Å². The Balaban J connectivity index is 1.58. The van der Waals surface area contributed by atoms with Crippen molar-refractivity contribution in [2.45, 2.75) is 19.9 Å². The van der Waals surface area contributed by atoms with E-state index >= 15 is 0 Å². The Hall–Kier alpha value is -3.84. The molecule has 0 aliphatic carbocycles. The van der Waals surface area contributed by atoms with Gasteiger partial charge in [-0.25, -0.2) is 4.98 Å². The van der Waals surface area contributed by atoms with Crippen LogP contribution in [0, 0.1) is 13.8 Å². The zero-order chi connectivity index (χ0) is 22.8. The normalized spacial score (nSPS) is 12.9. The average molecular weight is 458 g/mol. The number of pyridine rings is 1. The standard InChI is InChI=1S/C26H23N3O3S/c1-16-17(2)33-26(29-25(30)18-8-4-3-5-9-18)23(16)24(28-22-10-6-7-13-27-22)19-11-12-20-21(14-19)32-15-31-20/h3-14,24H,15H2,1-2H3,(H,27,28)(H,29,30). The number of anilines is 2. The number of nitrogens with one attached hydrogen (secondary N) is 2. The smallest absolute Gasteiger partial charge is 0.256 e. The van der Waals surface area contributed by atoms with Crippen molar-refractivity contribution in [1.82, 2.24) is 4.98 Å². The van der Waals surface area contributed by atoms with Crippen LogP contribution in [0.15, 0.2) is 72.9 Å². The number of benzene rings is 2. The fraction of sp³-hybridized carbons (Fsp3) is 0.154. The molecule has 33 heavy (non-hydrogen) atoms. The summed E-state index contributed by atoms with van der Waals surface area (Å²) in [6.45, 7) is 4.37. The summed E-state index contributed by atoms with van der Waals surface area (Å²) in [5, 5.41) is 7.51. The largest absolute Gasteiger partial charge is 0.454 e. The lowest BCUT2D eigenvalue weighted by molar-refractivity contribution is 0.102. The molecule has 2 N–H and O–H groups in total. The Morgan fingerprint density at radius 1 is 1.00 bits per heavy atom. The highest BCUT2D eigenvalue weighted by molar-refractivity contribution is 7.16. The van der Waals surface area contributed by atoms with Crippen molar-refractivity contribution < 1.29 is 14.3 Å². The molecule has 166 valence electrons. The van der Waals surface area contributed by atoms with Gasteiger partial charge in [0.25, 0.3) is 5.91 Å². The average Bonchev–Trinajstić information content (AvgIpc) is 3.42. The summed E-state index contributed by atoms with van der Waals surface area (Å²) in [4.78, 5) is 18.6. The van der Waals surface area contributed by atoms with Crippen LogP contribution in [0.3, 0.4) is 0 Å². The summed E-state index contributed by atoms with van der Waals surface area (Å²) in [5.41, 5.74) is 3.73. The van der Waals surface area contributed by atoms with Crippen LogP contribution < -0.4 is 20.1 Å². The van der Waals surface area contributed by atoms with Gasteiger partial charge < -0.3 is 20.1 Å². The number of ether oxygens (including phenoxy) is 2. The van der Waals surface area contributed by atoms with Crippen molar-refractivity contribution >= 4 is 28.1 Å². The summed E-state index contributed by atoms with van der Waals surface area (Å²) in [6, 6.07) is 20.6. The molecule has 6 nitrogen and oxygen atoms in total. The highest BCUT2D eigenvalue weighted by atomic mass is 32.1. The van der Waals surface area contributed by atoms with E-state index in [4.69, 9.17) is 9.47 Å². The highest BCUT2D eigenvalue weighted by Gasteiger charge is 2.27. The lowest BCUT2D eigenvalue weighted by Crippen LogP contribution is -2.18. The van der Waals surface area contributed by atoms with Crippen molar-refractivity contribution in [1.29, 1.82) is 0 Å². The molecule has 0 saturated heterocycles. The summed E-state index contributed by atoms with van der Waals surface area (Å²) in [6.07, 6.45) is 1.75. The molecular weight excluding hydrogens is 434 g/mol. The monoisotopic (exact) mass is 457 g/mol. The second-order valence-corrected chi connectivity index (χ2v) is 8.98. The van der Waals surface area contributed by atoms with Gasteiger partial charge in [-0.1, -0.05) is 30.3 Å². The van der Waals surface area contributed by atoms with E-state index in [0.29, 0.717) is 11.3 Å². The van der Waals surface area contributed by atoms with Crippen molar-refractivity contribution in [3.05, 3.63) is 100 Å². The first-order valence-electron chi connectivity index (χ1n) is 10.6. The molecule has 1 aliphatic heterocycles. The molecule has 1 amide bonds. The van der Waals surface area contributed by atoms with Gasteiger partial charge in [-0.3, -0.25) is 4.79 Å². The second-order valence-electron chi connectivity index (χ2n) is 7.75. The number of aromatic nitrogens is 1. The van der Waals surface area contributed by atoms with E-state index in [1.54, 1.807) is 17.5 Å². The quantitative estimate of drug-likeness (QED) is 0.375. The van der Waals surface area contributed by atoms with Crippen molar-refractivity contribution in [3.8, 4) is 11.5 Å². The van der Waals surface area contributed by atoms with Crippen LogP contribution in [0.2, 0.25) is 0 Å². The molecule has 0 bridgehead atoms. The molecule has 0 fully saturated rings. The molecule has 7 heteroatoms. The van der Waals surface area contributed by atoms with E-state index in [9.17, 15) is 4.79 Å². The van der Waals surface area contributed by atoms with E-state index in [1.165, 1.54) is 0 Å².